The zero-order valence-corrected chi connectivity index (χ0v) is 15.2. The number of benzene rings is 2. The molecule has 0 amide bonds. The smallest absolute Gasteiger partial charge is 0.163 e. The summed E-state index contributed by atoms with van der Waals surface area (Å²) in [6.07, 6.45) is 1.82. The Labute approximate surface area is 153 Å². The summed E-state index contributed by atoms with van der Waals surface area (Å²) in [4.78, 5) is 4.56. The molecule has 4 aromatic rings. The van der Waals surface area contributed by atoms with E-state index in [1.165, 1.54) is 0 Å². The molecule has 0 saturated heterocycles. The highest BCUT2D eigenvalue weighted by atomic mass is 79.9. The zero-order valence-electron chi connectivity index (χ0n) is 12.9. The maximum Gasteiger partial charge on any atom is 0.163 e. The van der Waals surface area contributed by atoms with Gasteiger partial charge in [0, 0.05) is 26.8 Å². The highest BCUT2D eigenvalue weighted by Crippen LogP contribution is 2.31. The van der Waals surface area contributed by atoms with E-state index in [1.54, 1.807) is 0 Å². The van der Waals surface area contributed by atoms with Gasteiger partial charge in [0.2, 0.25) is 0 Å². The minimum atomic E-state index is 0.704. The molecule has 0 N–H and O–H groups in total. The van der Waals surface area contributed by atoms with Crippen molar-refractivity contribution >= 4 is 33.2 Å². The van der Waals surface area contributed by atoms with Crippen LogP contribution in [0.3, 0.4) is 0 Å². The number of halogens is 2. The summed E-state index contributed by atoms with van der Waals surface area (Å²) in [7, 11) is 0. The summed E-state index contributed by atoms with van der Waals surface area (Å²) >= 11 is 9.63. The normalized spacial score (nSPS) is 11.1. The van der Waals surface area contributed by atoms with Crippen LogP contribution < -0.4 is 0 Å². The van der Waals surface area contributed by atoms with Crippen LogP contribution in [-0.4, -0.2) is 14.6 Å². The fourth-order valence-electron chi connectivity index (χ4n) is 2.87. The summed E-state index contributed by atoms with van der Waals surface area (Å²) in [5.74, 6) is 0. The molecule has 0 radical (unpaired) electrons. The Balaban J connectivity index is 1.97. The molecule has 0 spiro atoms. The van der Waals surface area contributed by atoms with E-state index in [1.807, 2.05) is 60.1 Å². The van der Waals surface area contributed by atoms with Crippen molar-refractivity contribution in [3.63, 3.8) is 0 Å². The third-order valence-corrected chi connectivity index (χ3v) is 4.71. The van der Waals surface area contributed by atoms with Crippen LogP contribution in [0.2, 0.25) is 5.02 Å². The third-order valence-electron chi connectivity index (χ3n) is 3.95. The van der Waals surface area contributed by atoms with E-state index in [2.05, 4.69) is 33.0 Å². The Morgan fingerprint density at radius 2 is 1.79 bits per heavy atom. The largest absolute Gasteiger partial charge is 0.236 e. The first kappa shape index (κ1) is 15.4. The van der Waals surface area contributed by atoms with Gasteiger partial charge in [0.25, 0.3) is 0 Å². The Morgan fingerprint density at radius 3 is 2.54 bits per heavy atom. The third kappa shape index (κ3) is 2.62. The Kier molecular flexibility index (Phi) is 3.87. The number of rotatable bonds is 2. The van der Waals surface area contributed by atoms with Crippen LogP contribution in [0, 0.1) is 6.92 Å². The predicted molar refractivity (Wildman–Crippen MR) is 101 cm³/mol. The highest BCUT2D eigenvalue weighted by molar-refractivity contribution is 9.10. The lowest BCUT2D eigenvalue weighted by Gasteiger charge is -2.05. The molecular formula is C19H13BrClN3. The minimum Gasteiger partial charge on any atom is -0.236 e. The van der Waals surface area contributed by atoms with E-state index >= 15 is 0 Å². The van der Waals surface area contributed by atoms with E-state index in [0.717, 1.165) is 38.2 Å². The van der Waals surface area contributed by atoms with Crippen LogP contribution in [-0.2, 0) is 0 Å². The summed E-state index contributed by atoms with van der Waals surface area (Å²) in [6, 6.07) is 17.9. The van der Waals surface area contributed by atoms with Crippen LogP contribution in [0.4, 0.5) is 0 Å². The molecule has 0 aliphatic rings. The van der Waals surface area contributed by atoms with Gasteiger partial charge < -0.3 is 0 Å². The number of nitrogens with zero attached hydrogens (tertiary/aromatic N) is 3. The lowest BCUT2D eigenvalue weighted by molar-refractivity contribution is 0.925. The van der Waals surface area contributed by atoms with Gasteiger partial charge in [-0.05, 0) is 42.8 Å². The lowest BCUT2D eigenvalue weighted by Crippen LogP contribution is -1.95. The van der Waals surface area contributed by atoms with Gasteiger partial charge in [0.1, 0.15) is 0 Å². The summed E-state index contributed by atoms with van der Waals surface area (Å²) in [5, 5.41) is 5.42. The molecule has 2 heterocycles. The first-order valence-corrected chi connectivity index (χ1v) is 8.67. The maximum atomic E-state index is 6.16. The first-order chi connectivity index (χ1) is 11.6. The average Bonchev–Trinajstić information content (AvgIpc) is 2.91. The predicted octanol–water partition coefficient (Wildman–Crippen LogP) is 5.79. The quantitative estimate of drug-likeness (QED) is 0.428. The molecule has 118 valence electrons. The van der Waals surface area contributed by atoms with Crippen LogP contribution in [0.1, 0.15) is 5.69 Å². The van der Waals surface area contributed by atoms with Crippen LogP contribution in [0.5, 0.6) is 0 Å². The van der Waals surface area contributed by atoms with Crippen LogP contribution in [0.15, 0.2) is 65.3 Å². The van der Waals surface area contributed by atoms with Crippen molar-refractivity contribution in [2.45, 2.75) is 6.92 Å². The molecule has 4 rings (SSSR count). The van der Waals surface area contributed by atoms with Crippen molar-refractivity contribution < 1.29 is 0 Å². The molecule has 0 unspecified atom stereocenters. The van der Waals surface area contributed by atoms with E-state index in [0.29, 0.717) is 5.02 Å². The van der Waals surface area contributed by atoms with Gasteiger partial charge in [-0.15, -0.1) is 0 Å². The number of fused-ring (bicyclic) bond motifs is 1. The van der Waals surface area contributed by atoms with Crippen molar-refractivity contribution in [2.24, 2.45) is 0 Å². The highest BCUT2D eigenvalue weighted by Gasteiger charge is 2.15. The van der Waals surface area contributed by atoms with Crippen LogP contribution >= 0.6 is 27.5 Å². The molecule has 0 fully saturated rings. The van der Waals surface area contributed by atoms with Gasteiger partial charge in [-0.2, -0.15) is 5.10 Å². The van der Waals surface area contributed by atoms with Gasteiger partial charge in [-0.3, -0.25) is 0 Å². The molecule has 0 bridgehead atoms. The number of hydrogen-bond acceptors (Lipinski definition) is 2. The van der Waals surface area contributed by atoms with Crippen molar-refractivity contribution in [1.82, 2.24) is 14.6 Å². The fourth-order valence-corrected chi connectivity index (χ4v) is 3.33. The second-order valence-corrected chi connectivity index (χ2v) is 6.90. The molecule has 0 aliphatic carbocycles. The van der Waals surface area contributed by atoms with E-state index in [-0.39, 0.29) is 0 Å². The fraction of sp³-hybridized carbons (Fsp3) is 0.0526. The molecule has 0 atom stereocenters. The summed E-state index contributed by atoms with van der Waals surface area (Å²) < 4.78 is 2.95. The Morgan fingerprint density at radius 1 is 1.00 bits per heavy atom. The molecule has 2 aromatic heterocycles. The van der Waals surface area contributed by atoms with E-state index in [9.17, 15) is 0 Å². The lowest BCUT2D eigenvalue weighted by atomic mass is 10.1. The van der Waals surface area contributed by atoms with Gasteiger partial charge in [0.15, 0.2) is 5.65 Å². The van der Waals surface area contributed by atoms with Gasteiger partial charge in [-0.25, -0.2) is 9.50 Å². The average molecular weight is 399 g/mol. The zero-order chi connectivity index (χ0) is 16.7. The number of aromatic nitrogens is 3. The molecule has 0 saturated carbocycles. The second-order valence-electron chi connectivity index (χ2n) is 5.54. The molecule has 3 nitrogen and oxygen atoms in total. The number of aryl methyl sites for hydroxylation is 1. The molecule has 24 heavy (non-hydrogen) atoms. The first-order valence-electron chi connectivity index (χ1n) is 7.50. The second kappa shape index (κ2) is 6.04. The van der Waals surface area contributed by atoms with E-state index < -0.39 is 0 Å². The molecule has 2 aromatic carbocycles. The molecular weight excluding hydrogens is 386 g/mol. The minimum absolute atomic E-state index is 0.704. The van der Waals surface area contributed by atoms with Crippen molar-refractivity contribution in [3.05, 3.63) is 76.0 Å². The molecule has 0 aliphatic heterocycles. The topological polar surface area (TPSA) is 30.2 Å². The Hall–Kier alpha value is -2.17. The summed E-state index contributed by atoms with van der Waals surface area (Å²) in [5.41, 5.74) is 5.88. The number of hydrogen-bond donors (Lipinski definition) is 0. The van der Waals surface area contributed by atoms with Crippen molar-refractivity contribution in [3.8, 4) is 22.4 Å². The van der Waals surface area contributed by atoms with Gasteiger partial charge >= 0.3 is 0 Å². The van der Waals surface area contributed by atoms with Crippen molar-refractivity contribution in [2.75, 3.05) is 0 Å². The van der Waals surface area contributed by atoms with Gasteiger partial charge in [-0.1, -0.05) is 51.8 Å². The monoisotopic (exact) mass is 397 g/mol. The Bertz CT molecular complexity index is 1040. The summed E-state index contributed by atoms with van der Waals surface area (Å²) in [6.45, 7) is 2.00. The molecule has 5 heteroatoms. The SMILES string of the molecule is Cc1nn2c(-c3ccc(Br)cc3)ccnc2c1-c1cccc(Cl)c1. The van der Waals surface area contributed by atoms with E-state index in [4.69, 9.17) is 16.7 Å². The van der Waals surface area contributed by atoms with Crippen LogP contribution in [0.25, 0.3) is 28.0 Å². The maximum absolute atomic E-state index is 6.16. The van der Waals surface area contributed by atoms with Crippen molar-refractivity contribution in [1.29, 1.82) is 0 Å². The van der Waals surface area contributed by atoms with Gasteiger partial charge in [0.05, 0.1) is 11.4 Å². The standard InChI is InChI=1S/C19H13BrClN3/c1-12-18(14-3-2-4-16(21)11-14)19-22-10-9-17(24(19)23-12)13-5-7-15(20)8-6-13/h2-11H,1H3.